The monoisotopic (exact) mass is 474 g/mol. The Morgan fingerprint density at radius 2 is 1.85 bits per heavy atom. The average molecular weight is 475 g/mol. The molecule has 178 valence electrons. The van der Waals surface area contributed by atoms with Crippen LogP contribution in [0.2, 0.25) is 5.02 Å². The van der Waals surface area contributed by atoms with Crippen molar-refractivity contribution >= 4 is 23.7 Å². The van der Waals surface area contributed by atoms with Crippen LogP contribution in [0.4, 0.5) is 4.79 Å². The average Bonchev–Trinajstić information content (AvgIpc) is 3.24. The number of amides is 1. The molecule has 0 bridgehead atoms. The van der Waals surface area contributed by atoms with Crippen molar-refractivity contribution in [1.82, 2.24) is 10.2 Å². The van der Waals surface area contributed by atoms with Crippen LogP contribution in [-0.2, 0) is 16.1 Å². The summed E-state index contributed by atoms with van der Waals surface area (Å²) in [6, 6.07) is 13.7. The number of hydrogen-bond donors (Lipinski definition) is 2. The van der Waals surface area contributed by atoms with Crippen LogP contribution in [0, 0.1) is 5.92 Å². The topological polar surface area (TPSA) is 88.1 Å². The molecule has 1 fully saturated rings. The van der Waals surface area contributed by atoms with Crippen molar-refractivity contribution in [3.63, 3.8) is 0 Å². The van der Waals surface area contributed by atoms with Crippen molar-refractivity contribution < 1.29 is 24.2 Å². The van der Waals surface area contributed by atoms with E-state index in [0.29, 0.717) is 18.0 Å². The summed E-state index contributed by atoms with van der Waals surface area (Å²) in [5, 5.41) is 13.1. The molecule has 7 nitrogen and oxygen atoms in total. The van der Waals surface area contributed by atoms with E-state index in [1.54, 1.807) is 18.1 Å². The minimum Gasteiger partial charge on any atom is -0.497 e. The summed E-state index contributed by atoms with van der Waals surface area (Å²) in [4.78, 5) is 26.8. The second-order valence-corrected chi connectivity index (χ2v) is 9.62. The Morgan fingerprint density at radius 1 is 1.18 bits per heavy atom. The summed E-state index contributed by atoms with van der Waals surface area (Å²) in [5.74, 6) is -0.360. The van der Waals surface area contributed by atoms with Gasteiger partial charge in [-0.1, -0.05) is 41.9 Å². The van der Waals surface area contributed by atoms with Crippen LogP contribution in [-0.4, -0.2) is 47.4 Å². The Balaban J connectivity index is 2.04. The number of carbonyl (C=O) groups is 2. The minimum atomic E-state index is -0.908. The Labute approximate surface area is 199 Å². The van der Waals surface area contributed by atoms with Gasteiger partial charge in [-0.05, 0) is 62.4 Å². The number of hydrogen-bond acceptors (Lipinski definition) is 5. The van der Waals surface area contributed by atoms with Crippen molar-refractivity contribution in [2.75, 3.05) is 13.7 Å². The maximum atomic E-state index is 13.5. The van der Waals surface area contributed by atoms with Gasteiger partial charge in [0.1, 0.15) is 17.4 Å². The fourth-order valence-electron chi connectivity index (χ4n) is 4.11. The van der Waals surface area contributed by atoms with Crippen LogP contribution >= 0.6 is 11.6 Å². The lowest BCUT2D eigenvalue weighted by molar-refractivity contribution is -0.139. The van der Waals surface area contributed by atoms with E-state index >= 15 is 0 Å². The van der Waals surface area contributed by atoms with Crippen molar-refractivity contribution in [3.8, 4) is 5.75 Å². The summed E-state index contributed by atoms with van der Waals surface area (Å²) in [5.41, 5.74) is 0.952. The number of nitrogens with one attached hydrogen (secondary N) is 1. The predicted molar refractivity (Wildman–Crippen MR) is 126 cm³/mol. The molecule has 0 radical (unpaired) electrons. The number of rotatable bonds is 7. The van der Waals surface area contributed by atoms with Gasteiger partial charge in [-0.3, -0.25) is 9.69 Å². The molecule has 1 amide bonds. The SMILES string of the molecule is COc1ccc(CN(C(=O)OC(C)(C)C)C(c2ccccc2Cl)[C@@H]2CN[C@H](C(=O)O)C2)cc1. The molecule has 1 aliphatic heterocycles. The van der Waals surface area contributed by atoms with Gasteiger partial charge in [0.05, 0.1) is 13.2 Å². The molecule has 3 rings (SSSR count). The zero-order valence-electron chi connectivity index (χ0n) is 19.4. The molecule has 3 atom stereocenters. The summed E-state index contributed by atoms with van der Waals surface area (Å²) >= 11 is 6.59. The summed E-state index contributed by atoms with van der Waals surface area (Å²) in [6.07, 6.45) is -0.116. The van der Waals surface area contributed by atoms with E-state index in [-0.39, 0.29) is 12.5 Å². The molecule has 8 heteroatoms. The Kier molecular flexibility index (Phi) is 7.87. The van der Waals surface area contributed by atoms with Gasteiger partial charge in [0, 0.05) is 18.1 Å². The molecule has 1 heterocycles. The van der Waals surface area contributed by atoms with Crippen molar-refractivity contribution in [1.29, 1.82) is 0 Å². The second-order valence-electron chi connectivity index (χ2n) is 9.22. The van der Waals surface area contributed by atoms with Crippen LogP contribution in [0.25, 0.3) is 0 Å². The molecule has 2 N–H and O–H groups in total. The standard InChI is InChI=1S/C25H31ClN2O5/c1-25(2,3)33-24(31)28(15-16-9-11-18(32-4)12-10-16)22(19-7-5-6-8-20(19)26)17-13-21(23(29)30)27-14-17/h5-12,17,21-22,27H,13-15H2,1-4H3,(H,29,30)/t17-,21-,22?/m0/s1. The first-order valence-corrected chi connectivity index (χ1v) is 11.3. The lowest BCUT2D eigenvalue weighted by atomic mass is 9.89. The zero-order valence-corrected chi connectivity index (χ0v) is 20.1. The minimum absolute atomic E-state index is 0.170. The van der Waals surface area contributed by atoms with Crippen LogP contribution in [0.5, 0.6) is 5.75 Å². The number of ether oxygens (including phenoxy) is 2. The molecule has 2 aromatic carbocycles. The zero-order chi connectivity index (χ0) is 24.2. The summed E-state index contributed by atoms with van der Waals surface area (Å²) in [7, 11) is 1.60. The molecular formula is C25H31ClN2O5. The fraction of sp³-hybridized carbons (Fsp3) is 0.440. The van der Waals surface area contributed by atoms with Crippen LogP contribution in [0.1, 0.15) is 44.4 Å². The van der Waals surface area contributed by atoms with E-state index in [2.05, 4.69) is 5.32 Å². The number of carbonyl (C=O) groups excluding carboxylic acids is 1. The van der Waals surface area contributed by atoms with E-state index in [9.17, 15) is 14.7 Å². The lowest BCUT2D eigenvalue weighted by Gasteiger charge is -2.37. The van der Waals surface area contributed by atoms with Gasteiger partial charge in [-0.25, -0.2) is 4.79 Å². The molecule has 0 saturated carbocycles. The van der Waals surface area contributed by atoms with Crippen LogP contribution in [0.15, 0.2) is 48.5 Å². The number of carboxylic acid groups (broad SMARTS) is 1. The molecule has 1 unspecified atom stereocenters. The highest BCUT2D eigenvalue weighted by molar-refractivity contribution is 6.31. The first-order valence-electron chi connectivity index (χ1n) is 10.9. The third-order valence-corrected chi connectivity index (χ3v) is 5.95. The number of carboxylic acids is 1. The second kappa shape index (κ2) is 10.4. The third kappa shape index (κ3) is 6.39. The number of aliphatic carboxylic acids is 1. The molecular weight excluding hydrogens is 444 g/mol. The van der Waals surface area contributed by atoms with E-state index in [4.69, 9.17) is 21.1 Å². The first-order chi connectivity index (χ1) is 15.6. The highest BCUT2D eigenvalue weighted by Crippen LogP contribution is 2.39. The van der Waals surface area contributed by atoms with Gasteiger partial charge in [0.15, 0.2) is 0 Å². The van der Waals surface area contributed by atoms with Gasteiger partial charge < -0.3 is 19.9 Å². The van der Waals surface area contributed by atoms with Gasteiger partial charge in [0.2, 0.25) is 0 Å². The van der Waals surface area contributed by atoms with Gasteiger partial charge in [0.25, 0.3) is 0 Å². The Hall–Kier alpha value is -2.77. The van der Waals surface area contributed by atoms with E-state index in [1.165, 1.54) is 0 Å². The van der Waals surface area contributed by atoms with Crippen molar-refractivity contribution in [3.05, 3.63) is 64.7 Å². The Morgan fingerprint density at radius 3 is 2.39 bits per heavy atom. The largest absolute Gasteiger partial charge is 0.497 e. The number of nitrogens with zero attached hydrogens (tertiary/aromatic N) is 1. The maximum absolute atomic E-state index is 13.5. The van der Waals surface area contributed by atoms with E-state index < -0.39 is 29.7 Å². The van der Waals surface area contributed by atoms with Crippen molar-refractivity contribution in [2.24, 2.45) is 5.92 Å². The maximum Gasteiger partial charge on any atom is 0.411 e. The first kappa shape index (κ1) is 24.9. The van der Waals surface area contributed by atoms with Crippen LogP contribution < -0.4 is 10.1 Å². The van der Waals surface area contributed by atoms with Gasteiger partial charge in [-0.2, -0.15) is 0 Å². The van der Waals surface area contributed by atoms with E-state index in [1.807, 2.05) is 63.2 Å². The normalized spacial score (nSPS) is 19.1. The van der Waals surface area contributed by atoms with Crippen LogP contribution in [0.3, 0.4) is 0 Å². The number of halogens is 1. The number of benzene rings is 2. The quantitative estimate of drug-likeness (QED) is 0.594. The third-order valence-electron chi connectivity index (χ3n) is 5.61. The fourth-order valence-corrected chi connectivity index (χ4v) is 4.36. The van der Waals surface area contributed by atoms with Gasteiger partial charge in [-0.15, -0.1) is 0 Å². The molecule has 0 aromatic heterocycles. The smallest absolute Gasteiger partial charge is 0.411 e. The lowest BCUT2D eigenvalue weighted by Crippen LogP contribution is -2.42. The molecule has 2 aromatic rings. The highest BCUT2D eigenvalue weighted by atomic mass is 35.5. The highest BCUT2D eigenvalue weighted by Gasteiger charge is 2.41. The number of methoxy groups -OCH3 is 1. The van der Waals surface area contributed by atoms with E-state index in [0.717, 1.165) is 16.9 Å². The Bertz CT molecular complexity index is 974. The van der Waals surface area contributed by atoms with Gasteiger partial charge >= 0.3 is 12.1 Å². The van der Waals surface area contributed by atoms with Crippen molar-refractivity contribution in [2.45, 2.75) is 51.4 Å². The predicted octanol–water partition coefficient (Wildman–Crippen LogP) is 4.89. The molecule has 1 saturated heterocycles. The molecule has 33 heavy (non-hydrogen) atoms. The molecule has 0 aliphatic carbocycles. The summed E-state index contributed by atoms with van der Waals surface area (Å²) < 4.78 is 11.0. The molecule has 1 aliphatic rings. The molecule has 0 spiro atoms. The summed E-state index contributed by atoms with van der Waals surface area (Å²) in [6.45, 7) is 6.16.